The number of benzene rings is 3. The Balaban J connectivity index is 1.88. The number of carbonyl (C=O) groups excluding carboxylic acids is 1. The predicted octanol–water partition coefficient (Wildman–Crippen LogP) is 4.32. The highest BCUT2D eigenvalue weighted by Gasteiger charge is 2.23. The molecule has 3 aromatic carbocycles. The normalized spacial score (nSPS) is 12.2. The smallest absolute Gasteiger partial charge is 0.241 e. The lowest BCUT2D eigenvalue weighted by molar-refractivity contribution is -0.120. The van der Waals surface area contributed by atoms with E-state index in [1.807, 2.05) is 61.5 Å². The maximum atomic E-state index is 12.9. The molecule has 0 aliphatic heterocycles. The van der Waals surface area contributed by atoms with Gasteiger partial charge in [0.2, 0.25) is 15.9 Å². The number of amides is 1. The monoisotopic (exact) mass is 442 g/mol. The van der Waals surface area contributed by atoms with Crippen molar-refractivity contribution >= 4 is 33.2 Å². The highest BCUT2D eigenvalue weighted by molar-refractivity contribution is 7.92. The zero-order valence-corrected chi connectivity index (χ0v) is 18.3. The Kier molecular flexibility index (Phi) is 6.80. The lowest BCUT2D eigenvalue weighted by atomic mass is 9.97. The van der Waals surface area contributed by atoms with Crippen LogP contribution in [-0.2, 0) is 14.8 Å². The summed E-state index contributed by atoms with van der Waals surface area (Å²) < 4.78 is 25.7. The molecule has 156 valence electrons. The second-order valence-corrected chi connectivity index (χ2v) is 9.41. The van der Waals surface area contributed by atoms with E-state index in [4.69, 9.17) is 11.6 Å². The first kappa shape index (κ1) is 21.9. The summed E-state index contributed by atoms with van der Waals surface area (Å²) in [5.74, 6) is -0.411. The number of hydrogen-bond donors (Lipinski definition) is 1. The fraction of sp³-hybridized carbons (Fsp3) is 0.174. The second-order valence-electron chi connectivity index (χ2n) is 7.07. The molecule has 0 bridgehead atoms. The van der Waals surface area contributed by atoms with Crippen molar-refractivity contribution in [2.24, 2.45) is 0 Å². The van der Waals surface area contributed by atoms with E-state index in [1.165, 1.54) is 0 Å². The van der Waals surface area contributed by atoms with Gasteiger partial charge in [0.1, 0.15) is 6.54 Å². The van der Waals surface area contributed by atoms with E-state index in [2.05, 4.69) is 5.32 Å². The fourth-order valence-electron chi connectivity index (χ4n) is 3.20. The number of sulfonamides is 1. The lowest BCUT2D eigenvalue weighted by Gasteiger charge is -2.25. The van der Waals surface area contributed by atoms with Gasteiger partial charge < -0.3 is 5.32 Å². The molecule has 0 aromatic heterocycles. The molecule has 1 atom stereocenters. The molecule has 0 saturated heterocycles. The third-order valence-corrected chi connectivity index (χ3v) is 6.01. The summed E-state index contributed by atoms with van der Waals surface area (Å²) in [6, 6.07) is 23.4. The molecule has 30 heavy (non-hydrogen) atoms. The van der Waals surface area contributed by atoms with Gasteiger partial charge in [-0.3, -0.25) is 9.10 Å². The van der Waals surface area contributed by atoms with Crippen molar-refractivity contribution < 1.29 is 13.2 Å². The van der Waals surface area contributed by atoms with E-state index in [1.54, 1.807) is 24.3 Å². The Labute approximate surface area is 182 Å². The van der Waals surface area contributed by atoms with Crippen LogP contribution in [0.15, 0.2) is 78.9 Å². The molecular formula is C23H23ClN2O3S. The molecule has 0 aliphatic carbocycles. The summed E-state index contributed by atoms with van der Waals surface area (Å²) in [4.78, 5) is 12.9. The average molecular weight is 443 g/mol. The van der Waals surface area contributed by atoms with Gasteiger partial charge in [-0.15, -0.1) is 0 Å². The van der Waals surface area contributed by atoms with Gasteiger partial charge in [0.25, 0.3) is 0 Å². The molecule has 0 heterocycles. The van der Waals surface area contributed by atoms with Crippen molar-refractivity contribution in [3.8, 4) is 0 Å². The Morgan fingerprint density at radius 3 is 2.20 bits per heavy atom. The third kappa shape index (κ3) is 5.62. The van der Waals surface area contributed by atoms with Crippen LogP contribution >= 0.6 is 11.6 Å². The zero-order valence-electron chi connectivity index (χ0n) is 16.7. The minimum atomic E-state index is -3.67. The SMILES string of the molecule is Cc1cccc(C(NC(=O)CN(c2ccc(Cl)cc2)S(C)(=O)=O)c2ccccc2)c1. The molecule has 1 N–H and O–H groups in total. The molecule has 3 rings (SSSR count). The quantitative estimate of drug-likeness (QED) is 0.592. The molecular weight excluding hydrogens is 420 g/mol. The van der Waals surface area contributed by atoms with E-state index in [0.29, 0.717) is 10.7 Å². The number of nitrogens with zero attached hydrogens (tertiary/aromatic N) is 1. The maximum absolute atomic E-state index is 12.9. The van der Waals surface area contributed by atoms with Crippen LogP contribution < -0.4 is 9.62 Å². The minimum Gasteiger partial charge on any atom is -0.344 e. The number of aryl methyl sites for hydroxylation is 1. The Bertz CT molecular complexity index is 1120. The molecule has 1 amide bonds. The van der Waals surface area contributed by atoms with E-state index < -0.39 is 22.0 Å². The van der Waals surface area contributed by atoms with Gasteiger partial charge in [-0.2, -0.15) is 0 Å². The summed E-state index contributed by atoms with van der Waals surface area (Å²) in [6.07, 6.45) is 1.07. The molecule has 1 unspecified atom stereocenters. The van der Waals surface area contributed by atoms with Crippen LogP contribution in [0.1, 0.15) is 22.7 Å². The topological polar surface area (TPSA) is 66.5 Å². The number of hydrogen-bond acceptors (Lipinski definition) is 3. The predicted molar refractivity (Wildman–Crippen MR) is 121 cm³/mol. The summed E-state index contributed by atoms with van der Waals surface area (Å²) in [5.41, 5.74) is 3.28. The first-order chi connectivity index (χ1) is 14.2. The molecule has 7 heteroatoms. The van der Waals surface area contributed by atoms with Gasteiger partial charge >= 0.3 is 0 Å². The number of rotatable bonds is 7. The maximum Gasteiger partial charge on any atom is 0.241 e. The van der Waals surface area contributed by atoms with Crippen molar-refractivity contribution in [3.63, 3.8) is 0 Å². The standard InChI is InChI=1S/C23H23ClN2O3S/c1-17-7-6-10-19(15-17)23(18-8-4-3-5-9-18)25-22(27)16-26(30(2,28)29)21-13-11-20(24)12-14-21/h3-15,23H,16H2,1-2H3,(H,25,27). The largest absolute Gasteiger partial charge is 0.344 e. The van der Waals surface area contributed by atoms with Crippen LogP contribution in [0, 0.1) is 6.92 Å². The summed E-state index contributed by atoms with van der Waals surface area (Å²) in [7, 11) is -3.67. The number of anilines is 1. The number of nitrogens with one attached hydrogen (secondary N) is 1. The van der Waals surface area contributed by atoms with Crippen molar-refractivity contribution in [1.29, 1.82) is 0 Å². The van der Waals surface area contributed by atoms with Gasteiger partial charge in [-0.05, 0) is 42.3 Å². The molecule has 3 aromatic rings. The van der Waals surface area contributed by atoms with Crippen LogP contribution in [0.4, 0.5) is 5.69 Å². The lowest BCUT2D eigenvalue weighted by Crippen LogP contribution is -2.41. The van der Waals surface area contributed by atoms with Crippen molar-refractivity contribution in [2.45, 2.75) is 13.0 Å². The van der Waals surface area contributed by atoms with Gasteiger partial charge in [0.15, 0.2) is 0 Å². The number of halogens is 1. The van der Waals surface area contributed by atoms with Crippen LogP contribution in [0.5, 0.6) is 0 Å². The van der Waals surface area contributed by atoms with E-state index in [9.17, 15) is 13.2 Å². The highest BCUT2D eigenvalue weighted by Crippen LogP contribution is 2.24. The van der Waals surface area contributed by atoms with Gasteiger partial charge in [0.05, 0.1) is 18.0 Å². The highest BCUT2D eigenvalue weighted by atomic mass is 35.5. The molecule has 0 fully saturated rings. The molecule has 0 radical (unpaired) electrons. The Morgan fingerprint density at radius 1 is 0.967 bits per heavy atom. The fourth-order valence-corrected chi connectivity index (χ4v) is 4.18. The van der Waals surface area contributed by atoms with Crippen LogP contribution in [-0.4, -0.2) is 27.1 Å². The molecule has 0 saturated carbocycles. The summed E-state index contributed by atoms with van der Waals surface area (Å²) >= 11 is 5.91. The van der Waals surface area contributed by atoms with Crippen molar-refractivity contribution in [1.82, 2.24) is 5.32 Å². The van der Waals surface area contributed by atoms with E-state index >= 15 is 0 Å². The van der Waals surface area contributed by atoms with Gasteiger partial charge in [0, 0.05) is 5.02 Å². The van der Waals surface area contributed by atoms with E-state index in [-0.39, 0.29) is 6.54 Å². The number of carbonyl (C=O) groups is 1. The zero-order chi connectivity index (χ0) is 21.7. The average Bonchev–Trinajstić information content (AvgIpc) is 2.71. The molecule has 5 nitrogen and oxygen atoms in total. The van der Waals surface area contributed by atoms with Crippen molar-refractivity contribution in [3.05, 3.63) is 101 Å². The minimum absolute atomic E-state index is 0.338. The van der Waals surface area contributed by atoms with Crippen LogP contribution in [0.25, 0.3) is 0 Å². The first-order valence-electron chi connectivity index (χ1n) is 9.38. The summed E-state index contributed by atoms with van der Waals surface area (Å²) in [6.45, 7) is 1.65. The van der Waals surface area contributed by atoms with Gasteiger partial charge in [-0.1, -0.05) is 71.8 Å². The first-order valence-corrected chi connectivity index (χ1v) is 11.6. The summed E-state index contributed by atoms with van der Waals surface area (Å²) in [5, 5.41) is 3.48. The third-order valence-electron chi connectivity index (χ3n) is 4.62. The van der Waals surface area contributed by atoms with Crippen molar-refractivity contribution in [2.75, 3.05) is 17.1 Å². The van der Waals surface area contributed by atoms with Crippen LogP contribution in [0.2, 0.25) is 5.02 Å². The van der Waals surface area contributed by atoms with E-state index in [0.717, 1.165) is 27.3 Å². The molecule has 0 aliphatic rings. The van der Waals surface area contributed by atoms with Crippen LogP contribution in [0.3, 0.4) is 0 Å². The molecule has 0 spiro atoms. The Hall–Kier alpha value is -2.83. The second kappa shape index (κ2) is 9.32. The Morgan fingerprint density at radius 2 is 1.60 bits per heavy atom. The van der Waals surface area contributed by atoms with Gasteiger partial charge in [-0.25, -0.2) is 8.42 Å².